The molecule has 3 aromatic heterocycles. The molecule has 0 spiro atoms. The van der Waals surface area contributed by atoms with E-state index in [1.807, 2.05) is 47.0 Å². The molecule has 3 unspecified atom stereocenters. The highest BCUT2D eigenvalue weighted by Crippen LogP contribution is 2.48. The molecule has 7 nitrogen and oxygen atoms in total. The molecular weight excluding hydrogens is 474 g/mol. The highest BCUT2D eigenvalue weighted by Gasteiger charge is 2.44. The molecule has 0 radical (unpaired) electrons. The van der Waals surface area contributed by atoms with Gasteiger partial charge in [-0.15, -0.1) is 0 Å². The smallest absolute Gasteiger partial charge is 0.229 e. The van der Waals surface area contributed by atoms with Crippen LogP contribution in [-0.2, 0) is 11.3 Å². The summed E-state index contributed by atoms with van der Waals surface area (Å²) < 4.78 is 2.02. The fourth-order valence-corrected chi connectivity index (χ4v) is 5.04. The van der Waals surface area contributed by atoms with Crippen LogP contribution in [0.15, 0.2) is 61.1 Å². The topological polar surface area (TPSA) is 91.5 Å². The third-order valence-electron chi connectivity index (χ3n) is 7.04. The normalized spacial score (nSPS) is 19.8. The van der Waals surface area contributed by atoms with E-state index in [4.69, 9.17) is 16.6 Å². The molecule has 0 saturated heterocycles. The van der Waals surface area contributed by atoms with Gasteiger partial charge >= 0.3 is 0 Å². The predicted molar refractivity (Wildman–Crippen MR) is 140 cm³/mol. The van der Waals surface area contributed by atoms with Crippen LogP contribution in [0.4, 0.5) is 11.5 Å². The number of hydrogen-bond donors (Lipinski definition) is 3. The van der Waals surface area contributed by atoms with Crippen LogP contribution in [0, 0.1) is 5.92 Å². The van der Waals surface area contributed by atoms with Crippen molar-refractivity contribution < 1.29 is 9.90 Å². The van der Waals surface area contributed by atoms with Crippen LogP contribution >= 0.6 is 11.6 Å². The Hall–Kier alpha value is -3.42. The van der Waals surface area contributed by atoms with Crippen molar-refractivity contribution in [2.75, 3.05) is 10.6 Å². The van der Waals surface area contributed by atoms with E-state index in [2.05, 4.69) is 27.9 Å². The molecule has 2 aliphatic rings. The highest BCUT2D eigenvalue weighted by atomic mass is 35.5. The zero-order valence-electron chi connectivity index (χ0n) is 20.0. The number of nitrogens with one attached hydrogen (secondary N) is 2. The van der Waals surface area contributed by atoms with Crippen molar-refractivity contribution in [3.05, 3.63) is 88.5 Å². The monoisotopic (exact) mass is 501 g/mol. The molecule has 2 fully saturated rings. The first-order valence-electron chi connectivity index (χ1n) is 12.4. The van der Waals surface area contributed by atoms with E-state index in [1.165, 1.54) is 18.4 Å². The van der Waals surface area contributed by atoms with Gasteiger partial charge < -0.3 is 20.1 Å². The van der Waals surface area contributed by atoms with Crippen LogP contribution in [-0.4, -0.2) is 25.4 Å². The number of halogens is 1. The largest absolute Gasteiger partial charge is 0.389 e. The van der Waals surface area contributed by atoms with E-state index >= 15 is 0 Å². The van der Waals surface area contributed by atoms with Gasteiger partial charge in [-0.2, -0.15) is 0 Å². The zero-order valence-corrected chi connectivity index (χ0v) is 20.7. The summed E-state index contributed by atoms with van der Waals surface area (Å²) in [7, 11) is 0. The number of aliphatic hydroxyl groups is 1. The Bertz CT molecular complexity index is 1450. The SMILES string of the molecule is CC(O)c1cc(C2CC2)cn2cc(CNc3ccnc(NC(=O)C4CC4c4cccc(Cl)c4)c3)nc12. The number of nitrogens with zero attached hydrogens (tertiary/aromatic N) is 3. The van der Waals surface area contributed by atoms with Crippen LogP contribution in [0.25, 0.3) is 5.65 Å². The number of aromatic nitrogens is 3. The molecule has 184 valence electrons. The third-order valence-corrected chi connectivity index (χ3v) is 7.27. The molecule has 2 aliphatic carbocycles. The van der Waals surface area contributed by atoms with Crippen molar-refractivity contribution in [1.82, 2.24) is 14.4 Å². The number of benzene rings is 1. The van der Waals surface area contributed by atoms with Gasteiger partial charge in [0.2, 0.25) is 5.91 Å². The lowest BCUT2D eigenvalue weighted by atomic mass is 10.1. The average Bonchev–Trinajstić information content (AvgIpc) is 3.78. The maximum atomic E-state index is 12.8. The van der Waals surface area contributed by atoms with Gasteiger partial charge in [0.25, 0.3) is 0 Å². The van der Waals surface area contributed by atoms with Crippen molar-refractivity contribution in [1.29, 1.82) is 0 Å². The standard InChI is InChI=1S/C28H28ClN5O2/c1-16(35)23-10-19(17-5-6-17)14-34-15-22(32-27(23)34)13-31-21-7-8-30-26(11-21)33-28(36)25-12-24(25)18-3-2-4-20(29)9-18/h2-4,7-11,14-17,24-25,35H,5-6,12-13H2,1H3,(H2,30,31,33,36). The van der Waals surface area contributed by atoms with Crippen molar-refractivity contribution in [2.24, 2.45) is 5.92 Å². The van der Waals surface area contributed by atoms with Crippen LogP contribution in [0.2, 0.25) is 5.02 Å². The first kappa shape index (κ1) is 23.0. The number of rotatable bonds is 8. The molecule has 3 N–H and O–H groups in total. The van der Waals surface area contributed by atoms with Crippen LogP contribution in [0.5, 0.6) is 0 Å². The molecule has 3 heterocycles. The number of pyridine rings is 2. The van der Waals surface area contributed by atoms with Crippen LogP contribution in [0.1, 0.15) is 66.5 Å². The van der Waals surface area contributed by atoms with Gasteiger partial charge in [0.05, 0.1) is 18.3 Å². The lowest BCUT2D eigenvalue weighted by Gasteiger charge is -2.09. The number of fused-ring (bicyclic) bond motifs is 1. The summed E-state index contributed by atoms with van der Waals surface area (Å²) in [6, 6.07) is 13.5. The summed E-state index contributed by atoms with van der Waals surface area (Å²) in [6.45, 7) is 2.29. The van der Waals surface area contributed by atoms with Crippen LogP contribution in [0.3, 0.4) is 0 Å². The Kier molecular flexibility index (Phi) is 5.90. The summed E-state index contributed by atoms with van der Waals surface area (Å²) in [6.07, 6.45) is 8.46. The number of amides is 1. The summed E-state index contributed by atoms with van der Waals surface area (Å²) in [5, 5.41) is 17.3. The number of aliphatic hydroxyl groups excluding tert-OH is 1. The maximum absolute atomic E-state index is 12.8. The summed E-state index contributed by atoms with van der Waals surface area (Å²) in [5.74, 6) is 1.22. The second-order valence-corrected chi connectivity index (χ2v) is 10.4. The lowest BCUT2D eigenvalue weighted by Crippen LogP contribution is -2.15. The number of carbonyl (C=O) groups excluding carboxylic acids is 1. The second kappa shape index (κ2) is 9.22. The third kappa shape index (κ3) is 4.81. The maximum Gasteiger partial charge on any atom is 0.229 e. The predicted octanol–water partition coefficient (Wildman–Crippen LogP) is 5.67. The molecule has 0 bridgehead atoms. The van der Waals surface area contributed by atoms with Gasteiger partial charge in [0, 0.05) is 46.8 Å². The zero-order chi connectivity index (χ0) is 24.8. The Morgan fingerprint density at radius 2 is 2.06 bits per heavy atom. The Morgan fingerprint density at radius 3 is 2.83 bits per heavy atom. The summed E-state index contributed by atoms with van der Waals surface area (Å²) in [4.78, 5) is 21.8. The number of carbonyl (C=O) groups is 1. The quantitative estimate of drug-likeness (QED) is 0.289. The van der Waals surface area contributed by atoms with E-state index < -0.39 is 6.10 Å². The first-order valence-corrected chi connectivity index (χ1v) is 12.8. The van der Waals surface area contributed by atoms with Gasteiger partial charge in [-0.3, -0.25) is 4.79 Å². The molecular formula is C28H28ClN5O2. The first-order chi connectivity index (χ1) is 17.4. The minimum Gasteiger partial charge on any atom is -0.389 e. The minimum atomic E-state index is -0.578. The number of imidazole rings is 1. The Morgan fingerprint density at radius 1 is 1.19 bits per heavy atom. The molecule has 1 aromatic carbocycles. The average molecular weight is 502 g/mol. The van der Waals surface area contributed by atoms with E-state index in [-0.39, 0.29) is 17.7 Å². The minimum absolute atomic E-state index is 0.0258. The number of hydrogen-bond acceptors (Lipinski definition) is 5. The van der Waals surface area contributed by atoms with Gasteiger partial charge in [-0.05, 0) is 73.4 Å². The molecule has 3 atom stereocenters. The lowest BCUT2D eigenvalue weighted by molar-refractivity contribution is -0.117. The summed E-state index contributed by atoms with van der Waals surface area (Å²) >= 11 is 6.10. The van der Waals surface area contributed by atoms with Gasteiger partial charge in [0.15, 0.2) is 0 Å². The van der Waals surface area contributed by atoms with E-state index in [9.17, 15) is 9.90 Å². The van der Waals surface area contributed by atoms with Gasteiger partial charge in [-0.1, -0.05) is 23.7 Å². The van der Waals surface area contributed by atoms with Gasteiger partial charge in [0.1, 0.15) is 11.5 Å². The van der Waals surface area contributed by atoms with Crippen LogP contribution < -0.4 is 10.6 Å². The van der Waals surface area contributed by atoms with Gasteiger partial charge in [-0.25, -0.2) is 9.97 Å². The number of anilines is 2. The molecule has 1 amide bonds. The van der Waals surface area contributed by atoms with Crippen molar-refractivity contribution >= 4 is 34.7 Å². The van der Waals surface area contributed by atoms with Crippen molar-refractivity contribution in [3.63, 3.8) is 0 Å². The van der Waals surface area contributed by atoms with E-state index in [0.717, 1.165) is 34.6 Å². The molecule has 2 saturated carbocycles. The molecule has 0 aliphatic heterocycles. The molecule has 8 heteroatoms. The molecule has 4 aromatic rings. The van der Waals surface area contributed by atoms with E-state index in [1.54, 1.807) is 13.1 Å². The molecule has 6 rings (SSSR count). The summed E-state index contributed by atoms with van der Waals surface area (Å²) in [5.41, 5.74) is 5.71. The molecule has 36 heavy (non-hydrogen) atoms. The van der Waals surface area contributed by atoms with Crippen molar-refractivity contribution in [2.45, 2.75) is 50.7 Å². The highest BCUT2D eigenvalue weighted by molar-refractivity contribution is 6.30. The Labute approximate surface area is 214 Å². The fraction of sp³-hybridized carbons (Fsp3) is 0.321. The fourth-order valence-electron chi connectivity index (χ4n) is 4.84. The second-order valence-electron chi connectivity index (χ2n) is 9.92. The van der Waals surface area contributed by atoms with E-state index in [0.29, 0.717) is 23.3 Å². The Balaban J connectivity index is 1.11. The van der Waals surface area contributed by atoms with Crippen molar-refractivity contribution in [3.8, 4) is 0 Å².